The molecule has 8 nitrogen and oxygen atoms in total. The van der Waals surface area contributed by atoms with Gasteiger partial charge in [0.25, 0.3) is 5.91 Å². The van der Waals surface area contributed by atoms with Gasteiger partial charge in [-0.25, -0.2) is 8.42 Å². The number of sulfonamides is 1. The normalized spacial score (nSPS) is 16.6. The molecule has 0 aromatic heterocycles. The van der Waals surface area contributed by atoms with E-state index in [1.165, 1.54) is 24.6 Å². The second-order valence-electron chi connectivity index (χ2n) is 7.63. The van der Waals surface area contributed by atoms with Crippen LogP contribution in [0.25, 0.3) is 0 Å². The maximum Gasteiger partial charge on any atom is 0.275 e. The van der Waals surface area contributed by atoms with E-state index in [0.717, 1.165) is 11.3 Å². The largest absolute Gasteiger partial charge is 0.497 e. The minimum absolute atomic E-state index is 0.00683. The van der Waals surface area contributed by atoms with Crippen LogP contribution in [-0.4, -0.2) is 71.1 Å². The molecule has 0 unspecified atom stereocenters. The van der Waals surface area contributed by atoms with Crippen LogP contribution in [0.1, 0.15) is 27.2 Å². The molecule has 1 aromatic rings. The Hall–Kier alpha value is -1.84. The van der Waals surface area contributed by atoms with Crippen molar-refractivity contribution < 1.29 is 27.6 Å². The number of carbonyl (C=O) groups excluding carboxylic acids is 1. The fraction of sp³-hybridized carbons (Fsp3) is 0.632. The first-order chi connectivity index (χ1) is 13.1. The lowest BCUT2D eigenvalue weighted by atomic mass is 10.0. The summed E-state index contributed by atoms with van der Waals surface area (Å²) >= 11 is 0. The molecule has 2 rings (SSSR count). The van der Waals surface area contributed by atoms with Gasteiger partial charge in [-0.3, -0.25) is 4.79 Å². The minimum Gasteiger partial charge on any atom is -0.497 e. The third-order valence-electron chi connectivity index (χ3n) is 5.19. The summed E-state index contributed by atoms with van der Waals surface area (Å²) in [6, 6.07) is 4.73. The van der Waals surface area contributed by atoms with Gasteiger partial charge in [0.15, 0.2) is 6.54 Å². The average molecular weight is 415 g/mol. The molecule has 1 aromatic carbocycles. The standard InChI is InChI=1S/C19H31N3O5S/c1-6-19(2,3)20-18(23)14-21-9-11-22(12-10-21)28(24,25)17-13-15(26-4)7-8-16(17)27-5/h7-8,13H,6,9-12,14H2,1-5H3,(H,20,23)/p+1. The Morgan fingerprint density at radius 1 is 1.21 bits per heavy atom. The predicted molar refractivity (Wildman–Crippen MR) is 106 cm³/mol. The molecular formula is C19H32N3O5S+. The van der Waals surface area contributed by atoms with Crippen LogP contribution >= 0.6 is 0 Å². The van der Waals surface area contributed by atoms with E-state index in [4.69, 9.17) is 9.47 Å². The molecule has 28 heavy (non-hydrogen) atoms. The van der Waals surface area contributed by atoms with Gasteiger partial charge in [0.1, 0.15) is 16.4 Å². The van der Waals surface area contributed by atoms with Crippen LogP contribution in [0.3, 0.4) is 0 Å². The van der Waals surface area contributed by atoms with Gasteiger partial charge >= 0.3 is 0 Å². The fourth-order valence-corrected chi connectivity index (χ4v) is 4.69. The number of ether oxygens (including phenoxy) is 2. The van der Waals surface area contributed by atoms with Gasteiger partial charge in [-0.1, -0.05) is 6.92 Å². The van der Waals surface area contributed by atoms with E-state index >= 15 is 0 Å². The predicted octanol–water partition coefficient (Wildman–Crippen LogP) is -0.102. The number of amides is 1. The Bertz CT molecular complexity index is 787. The lowest BCUT2D eigenvalue weighted by Gasteiger charge is -2.32. The highest BCUT2D eigenvalue weighted by molar-refractivity contribution is 7.89. The molecule has 1 amide bonds. The van der Waals surface area contributed by atoms with Crippen molar-refractivity contribution >= 4 is 15.9 Å². The number of methoxy groups -OCH3 is 2. The van der Waals surface area contributed by atoms with Crippen molar-refractivity contribution in [2.45, 2.75) is 37.6 Å². The molecule has 0 radical (unpaired) electrons. The second-order valence-corrected chi connectivity index (χ2v) is 9.54. The maximum atomic E-state index is 13.1. The first-order valence-electron chi connectivity index (χ1n) is 9.49. The van der Waals surface area contributed by atoms with Gasteiger partial charge in [-0.2, -0.15) is 4.31 Å². The van der Waals surface area contributed by atoms with Crippen molar-refractivity contribution in [3.8, 4) is 11.5 Å². The monoisotopic (exact) mass is 414 g/mol. The third kappa shape index (κ3) is 5.36. The van der Waals surface area contributed by atoms with Crippen molar-refractivity contribution in [2.24, 2.45) is 0 Å². The van der Waals surface area contributed by atoms with Crippen molar-refractivity contribution in [2.75, 3.05) is 46.9 Å². The number of nitrogens with zero attached hydrogens (tertiary/aromatic N) is 1. The van der Waals surface area contributed by atoms with Gasteiger partial charge in [0.2, 0.25) is 10.0 Å². The number of hydrogen-bond acceptors (Lipinski definition) is 5. The highest BCUT2D eigenvalue weighted by Crippen LogP contribution is 2.30. The maximum absolute atomic E-state index is 13.1. The van der Waals surface area contributed by atoms with E-state index < -0.39 is 10.0 Å². The Kier molecular flexibility index (Phi) is 7.30. The molecule has 2 N–H and O–H groups in total. The Labute approximate surface area is 167 Å². The zero-order chi connectivity index (χ0) is 20.9. The van der Waals surface area contributed by atoms with Crippen LogP contribution in [0.4, 0.5) is 0 Å². The molecule has 0 atom stereocenters. The lowest BCUT2D eigenvalue weighted by molar-refractivity contribution is -0.895. The van der Waals surface area contributed by atoms with Crippen LogP contribution in [0, 0.1) is 0 Å². The Morgan fingerprint density at radius 2 is 1.86 bits per heavy atom. The van der Waals surface area contributed by atoms with Crippen LogP contribution in [0.2, 0.25) is 0 Å². The molecule has 1 aliphatic rings. The van der Waals surface area contributed by atoms with Crippen molar-refractivity contribution in [1.29, 1.82) is 0 Å². The smallest absolute Gasteiger partial charge is 0.275 e. The summed E-state index contributed by atoms with van der Waals surface area (Å²) in [6.45, 7) is 8.21. The van der Waals surface area contributed by atoms with Crippen LogP contribution in [0.5, 0.6) is 11.5 Å². The first-order valence-corrected chi connectivity index (χ1v) is 10.9. The van der Waals surface area contributed by atoms with Gasteiger partial charge in [0.05, 0.1) is 40.4 Å². The van der Waals surface area contributed by atoms with Crippen molar-refractivity contribution in [3.63, 3.8) is 0 Å². The zero-order valence-electron chi connectivity index (χ0n) is 17.4. The number of piperazine rings is 1. The Balaban J connectivity index is 2.03. The number of hydrogen-bond donors (Lipinski definition) is 2. The van der Waals surface area contributed by atoms with Gasteiger partial charge in [-0.15, -0.1) is 0 Å². The van der Waals surface area contributed by atoms with Crippen LogP contribution < -0.4 is 19.7 Å². The summed E-state index contributed by atoms with van der Waals surface area (Å²) in [4.78, 5) is 13.4. The highest BCUT2D eigenvalue weighted by Gasteiger charge is 2.33. The quantitative estimate of drug-likeness (QED) is 0.620. The number of quaternary nitrogens is 1. The molecular weight excluding hydrogens is 382 g/mol. The SMILES string of the molecule is CCC(C)(C)NC(=O)C[NH+]1CCN(S(=O)(=O)c2cc(OC)ccc2OC)CC1. The molecule has 158 valence electrons. The van der Waals surface area contributed by atoms with E-state index in [1.54, 1.807) is 12.1 Å². The number of carbonyl (C=O) groups is 1. The number of benzene rings is 1. The summed E-state index contributed by atoms with van der Waals surface area (Å²) in [5.74, 6) is 0.739. The van der Waals surface area contributed by atoms with Crippen molar-refractivity contribution in [1.82, 2.24) is 9.62 Å². The lowest BCUT2D eigenvalue weighted by Crippen LogP contribution is -3.16. The van der Waals surface area contributed by atoms with Crippen LogP contribution in [-0.2, 0) is 14.8 Å². The topological polar surface area (TPSA) is 89.4 Å². The minimum atomic E-state index is -3.71. The molecule has 0 aliphatic carbocycles. The average Bonchev–Trinajstić information content (AvgIpc) is 2.67. The molecule has 0 bridgehead atoms. The molecule has 1 fully saturated rings. The molecule has 1 aliphatic heterocycles. The third-order valence-corrected chi connectivity index (χ3v) is 7.11. The van der Waals surface area contributed by atoms with E-state index in [2.05, 4.69) is 5.32 Å². The van der Waals surface area contributed by atoms with Gasteiger partial charge < -0.3 is 19.7 Å². The van der Waals surface area contributed by atoms with E-state index in [9.17, 15) is 13.2 Å². The summed E-state index contributed by atoms with van der Waals surface area (Å²) in [7, 11) is -0.773. The summed E-state index contributed by atoms with van der Waals surface area (Å²) in [5, 5.41) is 3.03. The summed E-state index contributed by atoms with van der Waals surface area (Å²) in [5.41, 5.74) is -0.232. The second kappa shape index (κ2) is 9.11. The van der Waals surface area contributed by atoms with E-state index in [-0.39, 0.29) is 22.1 Å². The zero-order valence-corrected chi connectivity index (χ0v) is 18.2. The molecule has 9 heteroatoms. The van der Waals surface area contributed by atoms with Gasteiger partial charge in [-0.05, 0) is 32.4 Å². The number of nitrogens with one attached hydrogen (secondary N) is 2. The number of rotatable bonds is 8. The summed E-state index contributed by atoms with van der Waals surface area (Å²) in [6.07, 6.45) is 0.850. The molecule has 0 saturated carbocycles. The van der Waals surface area contributed by atoms with E-state index in [1.807, 2.05) is 20.8 Å². The van der Waals surface area contributed by atoms with Crippen molar-refractivity contribution in [3.05, 3.63) is 18.2 Å². The Morgan fingerprint density at radius 3 is 2.39 bits per heavy atom. The highest BCUT2D eigenvalue weighted by atomic mass is 32.2. The van der Waals surface area contributed by atoms with Gasteiger partial charge in [0, 0.05) is 11.6 Å². The fourth-order valence-electron chi connectivity index (χ4n) is 3.08. The van der Waals surface area contributed by atoms with Crippen LogP contribution in [0.15, 0.2) is 23.1 Å². The molecule has 1 heterocycles. The summed E-state index contributed by atoms with van der Waals surface area (Å²) < 4.78 is 38.0. The molecule has 0 spiro atoms. The van der Waals surface area contributed by atoms with E-state index in [0.29, 0.717) is 38.5 Å². The molecule has 1 saturated heterocycles. The first kappa shape index (κ1) is 22.4.